The van der Waals surface area contributed by atoms with Crippen molar-refractivity contribution in [1.29, 1.82) is 0 Å². The van der Waals surface area contributed by atoms with E-state index in [1.165, 1.54) is 0 Å². The van der Waals surface area contributed by atoms with Crippen molar-refractivity contribution in [3.05, 3.63) is 36.7 Å². The predicted octanol–water partition coefficient (Wildman–Crippen LogP) is 1.64. The summed E-state index contributed by atoms with van der Waals surface area (Å²) in [5, 5.41) is 10.6. The summed E-state index contributed by atoms with van der Waals surface area (Å²) in [4.78, 5) is 19.9. The van der Waals surface area contributed by atoms with E-state index in [9.17, 15) is 28.1 Å². The van der Waals surface area contributed by atoms with Crippen molar-refractivity contribution in [2.45, 2.75) is 6.42 Å². The summed E-state index contributed by atoms with van der Waals surface area (Å²) in [6.45, 7) is 0. The van der Waals surface area contributed by atoms with Crippen LogP contribution in [0.15, 0.2) is 0 Å². The van der Waals surface area contributed by atoms with Crippen molar-refractivity contribution in [3.8, 4) is 0 Å². The zero-order valence-electron chi connectivity index (χ0n) is 7.97. The number of hydrogen-bond donors (Lipinski definition) is 1. The van der Waals surface area contributed by atoms with Gasteiger partial charge in [-0.05, 0) is 22.6 Å². The number of amides is 1. The van der Waals surface area contributed by atoms with Crippen LogP contribution < -0.4 is 5.73 Å². The Labute approximate surface area is 106 Å². The summed E-state index contributed by atoms with van der Waals surface area (Å²) in [7, 11) is 0. The van der Waals surface area contributed by atoms with Crippen LogP contribution in [0.4, 0.5) is 18.9 Å². The molecule has 0 radical (unpaired) electrons. The maximum Gasteiger partial charge on any atom is 0.312 e. The molecule has 0 atom stereocenters. The van der Waals surface area contributed by atoms with Gasteiger partial charge in [0.05, 0.1) is 20.5 Å². The van der Waals surface area contributed by atoms with Gasteiger partial charge in [-0.25, -0.2) is 8.78 Å². The van der Waals surface area contributed by atoms with Gasteiger partial charge in [-0.3, -0.25) is 14.9 Å². The number of nitro groups is 1. The molecule has 1 rings (SSSR count). The van der Waals surface area contributed by atoms with Crippen molar-refractivity contribution in [1.82, 2.24) is 0 Å². The molecule has 0 fully saturated rings. The SMILES string of the molecule is NC(=O)Cc1c(F)c(F)c(I)c(F)c1[N+](=O)[O-]. The minimum Gasteiger partial charge on any atom is -0.369 e. The van der Waals surface area contributed by atoms with Crippen LogP contribution >= 0.6 is 22.6 Å². The van der Waals surface area contributed by atoms with E-state index in [4.69, 9.17) is 5.73 Å². The summed E-state index contributed by atoms with van der Waals surface area (Å²) < 4.78 is 39.1. The second-order valence-corrected chi connectivity index (χ2v) is 4.06. The maximum absolute atomic E-state index is 13.4. The first-order chi connectivity index (χ1) is 7.77. The number of nitrogens with zero attached hydrogens (tertiary/aromatic N) is 1. The van der Waals surface area contributed by atoms with E-state index in [-0.39, 0.29) is 0 Å². The number of nitro benzene ring substituents is 1. The standard InChI is InChI=1S/C8H4F3IN2O3/c9-4-2(1-3(13)15)8(14(16)17)6(11)7(12)5(4)10/h1H2,(H2,13,15). The highest BCUT2D eigenvalue weighted by Gasteiger charge is 2.31. The van der Waals surface area contributed by atoms with E-state index in [0.29, 0.717) is 0 Å². The Balaban J connectivity index is 3.65. The molecular weight excluding hydrogens is 356 g/mol. The normalized spacial score (nSPS) is 10.4. The van der Waals surface area contributed by atoms with Gasteiger partial charge in [-0.1, -0.05) is 0 Å². The molecule has 1 aromatic rings. The molecule has 0 aliphatic heterocycles. The number of carbonyl (C=O) groups excluding carboxylic acids is 1. The van der Waals surface area contributed by atoms with Crippen LogP contribution in [-0.2, 0) is 11.2 Å². The van der Waals surface area contributed by atoms with Gasteiger partial charge in [0.1, 0.15) is 0 Å². The van der Waals surface area contributed by atoms with E-state index in [1.807, 2.05) is 0 Å². The summed E-state index contributed by atoms with van der Waals surface area (Å²) in [5.41, 5.74) is 2.47. The average molecular weight is 360 g/mol. The molecule has 5 nitrogen and oxygen atoms in total. The number of primary amides is 1. The van der Waals surface area contributed by atoms with Crippen LogP contribution in [0.25, 0.3) is 0 Å². The maximum atomic E-state index is 13.4. The average Bonchev–Trinajstić information content (AvgIpc) is 2.22. The number of hydrogen-bond acceptors (Lipinski definition) is 3. The molecule has 1 aromatic carbocycles. The second kappa shape index (κ2) is 4.85. The Morgan fingerprint density at radius 1 is 1.29 bits per heavy atom. The van der Waals surface area contributed by atoms with Crippen LogP contribution in [0.3, 0.4) is 0 Å². The van der Waals surface area contributed by atoms with Crippen molar-refractivity contribution in [2.75, 3.05) is 0 Å². The molecule has 2 N–H and O–H groups in total. The lowest BCUT2D eigenvalue weighted by atomic mass is 10.1. The second-order valence-electron chi connectivity index (χ2n) is 2.98. The van der Waals surface area contributed by atoms with Crippen molar-refractivity contribution in [2.24, 2.45) is 5.73 Å². The Morgan fingerprint density at radius 3 is 2.24 bits per heavy atom. The lowest BCUT2D eigenvalue weighted by molar-refractivity contribution is -0.388. The summed E-state index contributed by atoms with van der Waals surface area (Å²) in [6, 6.07) is 0. The first kappa shape index (κ1) is 13.7. The zero-order valence-corrected chi connectivity index (χ0v) is 10.1. The summed E-state index contributed by atoms with van der Waals surface area (Å²) >= 11 is 1.09. The van der Waals surface area contributed by atoms with E-state index >= 15 is 0 Å². The molecular formula is C8H4F3IN2O3. The van der Waals surface area contributed by atoms with Crippen LogP contribution in [0.5, 0.6) is 0 Å². The number of halogens is 4. The van der Waals surface area contributed by atoms with E-state index in [2.05, 4.69) is 0 Å². The molecule has 0 aromatic heterocycles. The Bertz CT molecular complexity index is 521. The smallest absolute Gasteiger partial charge is 0.312 e. The molecule has 92 valence electrons. The topological polar surface area (TPSA) is 86.2 Å². The number of benzene rings is 1. The first-order valence-electron chi connectivity index (χ1n) is 4.04. The van der Waals surface area contributed by atoms with Gasteiger partial charge in [-0.2, -0.15) is 4.39 Å². The minimum absolute atomic E-state index is 0.847. The molecule has 0 spiro atoms. The van der Waals surface area contributed by atoms with E-state index in [1.54, 1.807) is 0 Å². The fourth-order valence-electron chi connectivity index (χ4n) is 1.19. The summed E-state index contributed by atoms with van der Waals surface area (Å²) in [6.07, 6.45) is -0.951. The highest BCUT2D eigenvalue weighted by atomic mass is 127. The molecule has 0 aliphatic rings. The molecule has 0 heterocycles. The molecule has 0 saturated carbocycles. The highest BCUT2D eigenvalue weighted by Crippen LogP contribution is 2.32. The molecule has 17 heavy (non-hydrogen) atoms. The molecule has 9 heteroatoms. The Kier molecular flexibility index (Phi) is 3.91. The largest absolute Gasteiger partial charge is 0.369 e. The quantitative estimate of drug-likeness (QED) is 0.292. The Hall–Kier alpha value is -1.39. The van der Waals surface area contributed by atoms with Crippen molar-refractivity contribution < 1.29 is 22.9 Å². The monoisotopic (exact) mass is 360 g/mol. The van der Waals surface area contributed by atoms with Crippen molar-refractivity contribution in [3.63, 3.8) is 0 Å². The third kappa shape index (κ3) is 2.48. The van der Waals surface area contributed by atoms with Crippen LogP contribution in [-0.4, -0.2) is 10.8 Å². The first-order valence-corrected chi connectivity index (χ1v) is 5.12. The molecule has 0 saturated heterocycles. The fourth-order valence-corrected chi connectivity index (χ4v) is 1.68. The third-order valence-corrected chi connectivity index (χ3v) is 2.82. The highest BCUT2D eigenvalue weighted by molar-refractivity contribution is 14.1. The Morgan fingerprint density at radius 2 is 1.82 bits per heavy atom. The molecule has 0 unspecified atom stereocenters. The number of rotatable bonds is 3. The van der Waals surface area contributed by atoms with Gasteiger partial charge in [0.2, 0.25) is 11.7 Å². The van der Waals surface area contributed by atoms with Gasteiger partial charge in [0, 0.05) is 0 Å². The van der Waals surface area contributed by atoms with Gasteiger partial charge in [0.15, 0.2) is 11.6 Å². The van der Waals surface area contributed by atoms with Crippen LogP contribution in [0, 0.1) is 31.1 Å². The van der Waals surface area contributed by atoms with E-state index in [0.717, 1.165) is 22.6 Å². The summed E-state index contributed by atoms with van der Waals surface area (Å²) in [5.74, 6) is -5.87. The van der Waals surface area contributed by atoms with E-state index < -0.39 is 49.5 Å². The fraction of sp³-hybridized carbons (Fsp3) is 0.125. The van der Waals surface area contributed by atoms with Gasteiger partial charge in [-0.15, -0.1) is 0 Å². The lowest BCUT2D eigenvalue weighted by Gasteiger charge is -2.06. The molecule has 1 amide bonds. The predicted molar refractivity (Wildman–Crippen MR) is 58.6 cm³/mol. The minimum atomic E-state index is -1.64. The van der Waals surface area contributed by atoms with Gasteiger partial charge >= 0.3 is 5.69 Å². The number of carbonyl (C=O) groups is 1. The lowest BCUT2D eigenvalue weighted by Crippen LogP contribution is -2.18. The van der Waals surface area contributed by atoms with Gasteiger partial charge < -0.3 is 5.73 Å². The third-order valence-electron chi connectivity index (χ3n) is 1.87. The molecule has 0 bridgehead atoms. The number of nitrogens with two attached hydrogens (primary N) is 1. The zero-order chi connectivity index (χ0) is 13.3. The van der Waals surface area contributed by atoms with Crippen LogP contribution in [0.2, 0.25) is 0 Å². The van der Waals surface area contributed by atoms with Crippen LogP contribution in [0.1, 0.15) is 5.56 Å². The van der Waals surface area contributed by atoms with Gasteiger partial charge in [0.25, 0.3) is 0 Å². The molecule has 0 aliphatic carbocycles. The van der Waals surface area contributed by atoms with Crippen molar-refractivity contribution >= 4 is 34.2 Å².